The van der Waals surface area contributed by atoms with Crippen molar-refractivity contribution in [3.63, 3.8) is 0 Å². The van der Waals surface area contributed by atoms with Gasteiger partial charge in [0.2, 0.25) is 5.78 Å². The molecule has 0 saturated heterocycles. The van der Waals surface area contributed by atoms with Gasteiger partial charge in [-0.1, -0.05) is 19.4 Å². The van der Waals surface area contributed by atoms with Gasteiger partial charge in [0.25, 0.3) is 0 Å². The van der Waals surface area contributed by atoms with Crippen LogP contribution in [0.25, 0.3) is 0 Å². The fourth-order valence-electron chi connectivity index (χ4n) is 7.70. The van der Waals surface area contributed by atoms with Crippen LogP contribution in [0.15, 0.2) is 11.6 Å². The molecule has 0 unspecified atom stereocenters. The van der Waals surface area contributed by atoms with Crippen molar-refractivity contribution in [3.05, 3.63) is 11.6 Å². The van der Waals surface area contributed by atoms with Crippen molar-refractivity contribution in [2.75, 3.05) is 6.61 Å². The van der Waals surface area contributed by atoms with Crippen molar-refractivity contribution in [3.8, 4) is 0 Å². The Morgan fingerprint density at radius 1 is 1.12 bits per heavy atom. The maximum atomic E-state index is 13.1. The van der Waals surface area contributed by atoms with Gasteiger partial charge in [-0.3, -0.25) is 19.2 Å². The number of aliphatic hydroxyl groups is 2. The van der Waals surface area contributed by atoms with Crippen molar-refractivity contribution < 1.29 is 39.2 Å². The van der Waals surface area contributed by atoms with Crippen molar-refractivity contribution >= 4 is 23.5 Å². The lowest BCUT2D eigenvalue weighted by Crippen LogP contribution is -2.62. The van der Waals surface area contributed by atoms with Gasteiger partial charge >= 0.3 is 11.9 Å². The number of carbonyl (C=O) groups excluding carboxylic acids is 3. The first-order chi connectivity index (χ1) is 15.4. The number of aliphatic hydroxyl groups excluding tert-OH is 1. The van der Waals surface area contributed by atoms with Crippen LogP contribution in [0.2, 0.25) is 0 Å². The summed E-state index contributed by atoms with van der Waals surface area (Å²) >= 11 is 0. The molecule has 0 amide bonds. The average molecular weight is 463 g/mol. The molecule has 4 aliphatic carbocycles. The van der Waals surface area contributed by atoms with Crippen LogP contribution in [-0.2, 0) is 23.9 Å². The second-order valence-electron chi connectivity index (χ2n) is 11.0. The van der Waals surface area contributed by atoms with Crippen LogP contribution in [0.4, 0.5) is 0 Å². The zero-order valence-corrected chi connectivity index (χ0v) is 19.3. The lowest BCUT2D eigenvalue weighted by Gasteiger charge is -2.60. The van der Waals surface area contributed by atoms with Crippen molar-refractivity contribution in [2.45, 2.75) is 83.3 Å². The average Bonchev–Trinajstić information content (AvgIpc) is 3.02. The van der Waals surface area contributed by atoms with E-state index in [1.807, 2.05) is 6.92 Å². The number of hydrogen-bond donors (Lipinski definition) is 3. The van der Waals surface area contributed by atoms with E-state index in [-0.39, 0.29) is 54.6 Å². The number of aliphatic carboxylic acids is 1. The molecule has 0 bridgehead atoms. The molecule has 0 spiro atoms. The molecule has 7 atom stereocenters. The fourth-order valence-corrected chi connectivity index (χ4v) is 7.70. The number of ketones is 2. The van der Waals surface area contributed by atoms with Crippen LogP contribution < -0.4 is 0 Å². The van der Waals surface area contributed by atoms with Gasteiger partial charge in [-0.25, -0.2) is 0 Å². The van der Waals surface area contributed by atoms with Gasteiger partial charge in [-0.2, -0.15) is 0 Å². The Hall–Kier alpha value is -2.06. The number of Topliss-reactive ketones (excluding diaryl/α,β-unsaturated/α-hetero) is 1. The number of carboxylic acids is 1. The molecule has 0 aromatic carbocycles. The summed E-state index contributed by atoms with van der Waals surface area (Å²) in [5, 5.41) is 31.6. The summed E-state index contributed by atoms with van der Waals surface area (Å²) in [5.74, 6) is -2.20. The Morgan fingerprint density at radius 3 is 2.55 bits per heavy atom. The number of esters is 1. The SMILES string of the molecule is C[C@]12CCC(=O)C=C1CC[C@@H]1[C@H]2[C@H](O)C[C@@]2(C)[C@@H]1CC[C@]2(O)C(=O)COC(=O)CCC(=O)O. The van der Waals surface area contributed by atoms with E-state index in [0.717, 1.165) is 24.8 Å². The predicted octanol–water partition coefficient (Wildman–Crippen LogP) is 2.20. The van der Waals surface area contributed by atoms with E-state index in [1.165, 1.54) is 0 Å². The number of allylic oxidation sites excluding steroid dienone is 1. The molecule has 4 aliphatic rings. The molecule has 0 radical (unpaired) electrons. The summed E-state index contributed by atoms with van der Waals surface area (Å²) in [6.45, 7) is 3.41. The summed E-state index contributed by atoms with van der Waals surface area (Å²) in [5.41, 5.74) is -1.68. The lowest BCUT2D eigenvalue weighted by atomic mass is 9.45. The van der Waals surface area contributed by atoms with Gasteiger partial charge in [0.15, 0.2) is 12.4 Å². The Balaban J connectivity index is 1.53. The molecule has 8 heteroatoms. The minimum Gasteiger partial charge on any atom is -0.481 e. The molecule has 3 N–H and O–H groups in total. The first kappa shape index (κ1) is 24.1. The third-order valence-electron chi connectivity index (χ3n) is 9.42. The topological polar surface area (TPSA) is 138 Å². The van der Waals surface area contributed by atoms with E-state index in [9.17, 15) is 29.4 Å². The molecule has 33 heavy (non-hydrogen) atoms. The van der Waals surface area contributed by atoms with Crippen LogP contribution in [0, 0.1) is 28.6 Å². The zero-order chi connectivity index (χ0) is 24.2. The van der Waals surface area contributed by atoms with E-state index < -0.39 is 41.4 Å². The Labute approximate surface area is 193 Å². The number of hydrogen-bond acceptors (Lipinski definition) is 7. The summed E-state index contributed by atoms with van der Waals surface area (Å²) < 4.78 is 4.97. The van der Waals surface area contributed by atoms with Crippen molar-refractivity contribution in [1.82, 2.24) is 0 Å². The third-order valence-corrected chi connectivity index (χ3v) is 9.42. The largest absolute Gasteiger partial charge is 0.481 e. The highest BCUT2D eigenvalue weighted by atomic mass is 16.5. The molecule has 0 aromatic rings. The summed E-state index contributed by atoms with van der Waals surface area (Å²) in [6, 6.07) is 0. The number of rotatable bonds is 6. The highest BCUT2D eigenvalue weighted by molar-refractivity contribution is 5.92. The monoisotopic (exact) mass is 462 g/mol. The molecular weight excluding hydrogens is 428 g/mol. The molecular formula is C25H34O8. The molecule has 0 aliphatic heterocycles. The highest BCUT2D eigenvalue weighted by Gasteiger charge is 2.68. The second-order valence-corrected chi connectivity index (χ2v) is 11.0. The lowest BCUT2D eigenvalue weighted by molar-refractivity contribution is -0.184. The molecule has 0 aromatic heterocycles. The van der Waals surface area contributed by atoms with E-state index in [0.29, 0.717) is 12.8 Å². The minimum atomic E-state index is -1.71. The van der Waals surface area contributed by atoms with Crippen LogP contribution in [0.3, 0.4) is 0 Å². The van der Waals surface area contributed by atoms with Gasteiger partial charge in [-0.15, -0.1) is 0 Å². The Morgan fingerprint density at radius 2 is 1.85 bits per heavy atom. The first-order valence-electron chi connectivity index (χ1n) is 12.0. The Kier molecular flexibility index (Phi) is 6.06. The van der Waals surface area contributed by atoms with Crippen LogP contribution in [0.1, 0.15) is 71.6 Å². The fraction of sp³-hybridized carbons (Fsp3) is 0.760. The number of carbonyl (C=O) groups is 4. The Bertz CT molecular complexity index is 908. The zero-order valence-electron chi connectivity index (χ0n) is 19.3. The maximum Gasteiger partial charge on any atom is 0.306 e. The third kappa shape index (κ3) is 3.75. The normalized spacial score (nSPS) is 41.9. The minimum absolute atomic E-state index is 0.0185. The molecule has 3 saturated carbocycles. The predicted molar refractivity (Wildman–Crippen MR) is 116 cm³/mol. The maximum absolute atomic E-state index is 13.1. The van der Waals surface area contributed by atoms with Crippen molar-refractivity contribution in [2.24, 2.45) is 28.6 Å². The number of carboxylic acid groups (broad SMARTS) is 1. The smallest absolute Gasteiger partial charge is 0.306 e. The number of ether oxygens (including phenoxy) is 1. The van der Waals surface area contributed by atoms with Crippen molar-refractivity contribution in [1.29, 1.82) is 0 Å². The summed E-state index contributed by atoms with van der Waals surface area (Å²) in [4.78, 5) is 47.5. The molecule has 182 valence electrons. The van der Waals surface area contributed by atoms with Gasteiger partial charge < -0.3 is 20.1 Å². The molecule has 0 heterocycles. The van der Waals surface area contributed by atoms with Gasteiger partial charge in [-0.05, 0) is 67.8 Å². The molecule has 3 fully saturated rings. The second kappa shape index (κ2) is 8.31. The first-order valence-corrected chi connectivity index (χ1v) is 12.0. The van der Waals surface area contributed by atoms with E-state index in [4.69, 9.17) is 9.84 Å². The quantitative estimate of drug-likeness (QED) is 0.511. The van der Waals surface area contributed by atoms with Gasteiger partial charge in [0, 0.05) is 11.8 Å². The summed E-state index contributed by atoms with van der Waals surface area (Å²) in [6.07, 6.45) is 4.30. The van der Waals surface area contributed by atoms with Crippen LogP contribution in [-0.4, -0.2) is 57.1 Å². The summed E-state index contributed by atoms with van der Waals surface area (Å²) in [7, 11) is 0. The van der Waals surface area contributed by atoms with E-state index in [2.05, 4.69) is 6.92 Å². The van der Waals surface area contributed by atoms with Gasteiger partial charge in [0.05, 0.1) is 18.9 Å². The van der Waals surface area contributed by atoms with Gasteiger partial charge in [0.1, 0.15) is 5.60 Å². The highest BCUT2D eigenvalue weighted by Crippen LogP contribution is 2.67. The molecule has 4 rings (SSSR count). The molecule has 8 nitrogen and oxygen atoms in total. The van der Waals surface area contributed by atoms with E-state index >= 15 is 0 Å². The van der Waals surface area contributed by atoms with E-state index in [1.54, 1.807) is 6.08 Å². The standard InChI is InChI=1S/C25H34O8/c1-23-9-7-15(26)11-14(23)3-4-16-17-8-10-25(32,24(17,2)12-18(27)22(16)23)19(28)13-33-21(31)6-5-20(29)30/h11,16-18,22,27,32H,3-10,12-13H2,1-2H3,(H,29,30)/t16-,17+,18+,22-,23-,24-,25-/m0/s1. The van der Waals surface area contributed by atoms with Crippen LogP contribution >= 0.6 is 0 Å². The number of fused-ring (bicyclic) bond motifs is 5. The van der Waals surface area contributed by atoms with Crippen LogP contribution in [0.5, 0.6) is 0 Å².